The minimum absolute atomic E-state index is 0.0901. The Morgan fingerprint density at radius 1 is 0.276 bits per heavy atom. The Hall–Kier alpha value is -4.19. The van der Waals surface area contributed by atoms with E-state index in [0.29, 0.717) is 19.3 Å². The third-order valence-electron chi connectivity index (χ3n) is 13.2. The lowest BCUT2D eigenvalue weighted by atomic mass is 10.1. The van der Waals surface area contributed by atoms with Gasteiger partial charge in [0, 0.05) is 19.3 Å². The molecule has 0 aliphatic carbocycles. The Balaban J connectivity index is 4.33. The second kappa shape index (κ2) is 63.3. The molecule has 0 fully saturated rings. The number of esters is 3. The van der Waals surface area contributed by atoms with Crippen molar-refractivity contribution in [3.63, 3.8) is 0 Å². The first-order chi connectivity index (χ1) is 37.5. The number of ether oxygens (including phenoxy) is 3. The fraction of sp³-hybridized carbons (Fsp3) is 0.671. The summed E-state index contributed by atoms with van der Waals surface area (Å²) in [7, 11) is 0. The van der Waals surface area contributed by atoms with Crippen LogP contribution in [0.5, 0.6) is 0 Å². The molecule has 0 heterocycles. The summed E-state index contributed by atoms with van der Waals surface area (Å²) in [6.07, 6.45) is 87.8. The van der Waals surface area contributed by atoms with Crippen LogP contribution in [0.25, 0.3) is 0 Å². The Bertz CT molecular complexity index is 1590. The third kappa shape index (κ3) is 60.7. The van der Waals surface area contributed by atoms with Gasteiger partial charge < -0.3 is 14.2 Å². The second-order valence-electron chi connectivity index (χ2n) is 20.6. The molecular formula is C70H116O6. The van der Waals surface area contributed by atoms with Gasteiger partial charge in [-0.05, 0) is 116 Å². The van der Waals surface area contributed by atoms with Crippen molar-refractivity contribution in [1.29, 1.82) is 0 Å². The molecule has 432 valence electrons. The van der Waals surface area contributed by atoms with Crippen molar-refractivity contribution in [2.75, 3.05) is 13.2 Å². The molecule has 0 aromatic rings. The predicted molar refractivity (Wildman–Crippen MR) is 330 cm³/mol. The van der Waals surface area contributed by atoms with Gasteiger partial charge in [-0.25, -0.2) is 0 Å². The van der Waals surface area contributed by atoms with Gasteiger partial charge in [0.15, 0.2) is 6.10 Å². The van der Waals surface area contributed by atoms with Crippen molar-refractivity contribution in [2.45, 2.75) is 290 Å². The lowest BCUT2D eigenvalue weighted by molar-refractivity contribution is -0.167. The van der Waals surface area contributed by atoms with E-state index in [1.165, 1.54) is 122 Å². The SMILES string of the molecule is CC/C=C\C/C=C\C/C=C\C/C=C\C/C=C\C/C=C\C/C=C\C/C=C\C/C=C\CCCCCC(=O)OCC(COC(=O)CCCCCCCCCCCC)OC(=O)CCCCCCCCC/C=C\CCCCCCCC. The van der Waals surface area contributed by atoms with Crippen LogP contribution < -0.4 is 0 Å². The van der Waals surface area contributed by atoms with Gasteiger partial charge in [0.05, 0.1) is 0 Å². The summed E-state index contributed by atoms with van der Waals surface area (Å²) in [6.45, 7) is 6.49. The van der Waals surface area contributed by atoms with Gasteiger partial charge in [-0.2, -0.15) is 0 Å². The maximum Gasteiger partial charge on any atom is 0.306 e. The Labute approximate surface area is 469 Å². The Kier molecular flexibility index (Phi) is 59.9. The van der Waals surface area contributed by atoms with Crippen LogP contribution in [0.1, 0.15) is 284 Å². The van der Waals surface area contributed by atoms with Crippen molar-refractivity contribution in [2.24, 2.45) is 0 Å². The highest BCUT2D eigenvalue weighted by Crippen LogP contribution is 2.15. The van der Waals surface area contributed by atoms with E-state index >= 15 is 0 Å². The molecule has 0 aromatic heterocycles. The fourth-order valence-corrected chi connectivity index (χ4v) is 8.49. The number of hydrogen-bond donors (Lipinski definition) is 0. The van der Waals surface area contributed by atoms with Crippen LogP contribution >= 0.6 is 0 Å². The standard InChI is InChI=1S/C70H116O6/c1-4-7-10-13-16-19-22-24-26-28-29-30-31-32-33-34-35-36-37-38-39-40-41-43-44-46-48-51-54-57-60-63-69(72)75-66-67(65-74-68(71)62-59-56-53-50-21-18-15-12-9-6-3)76-70(73)64-61-58-55-52-49-47-45-42-27-25-23-20-17-14-11-8-5-2/h7,10,16,19,24-27,29-30,32-33,35-36,38-39,41,43,46,48,67H,4-6,8-9,11-15,17-18,20-23,28,31,34,37,40,42,44-45,47,49-66H2,1-3H3/b10-7-,19-16-,26-24-,27-25-,30-29-,33-32-,36-35-,39-38-,43-41-,48-46-. The highest BCUT2D eigenvalue weighted by molar-refractivity contribution is 5.71. The maximum atomic E-state index is 12.9. The smallest absolute Gasteiger partial charge is 0.306 e. The molecule has 0 N–H and O–H groups in total. The zero-order valence-corrected chi connectivity index (χ0v) is 49.5. The van der Waals surface area contributed by atoms with E-state index in [4.69, 9.17) is 14.2 Å². The molecule has 0 radical (unpaired) electrons. The Morgan fingerprint density at radius 2 is 0.513 bits per heavy atom. The fourth-order valence-electron chi connectivity index (χ4n) is 8.49. The summed E-state index contributed by atoms with van der Waals surface area (Å²) >= 11 is 0. The van der Waals surface area contributed by atoms with Crippen LogP contribution in [-0.4, -0.2) is 37.2 Å². The van der Waals surface area contributed by atoms with E-state index in [0.717, 1.165) is 122 Å². The zero-order chi connectivity index (χ0) is 55.0. The van der Waals surface area contributed by atoms with Gasteiger partial charge >= 0.3 is 17.9 Å². The molecule has 0 saturated carbocycles. The number of unbranched alkanes of at least 4 members (excludes halogenated alkanes) is 25. The van der Waals surface area contributed by atoms with E-state index < -0.39 is 6.10 Å². The number of hydrogen-bond acceptors (Lipinski definition) is 6. The summed E-state index contributed by atoms with van der Waals surface area (Å²) in [5.74, 6) is -0.927. The van der Waals surface area contributed by atoms with Crippen LogP contribution in [0.15, 0.2) is 122 Å². The molecule has 6 nitrogen and oxygen atoms in total. The average Bonchev–Trinajstić information content (AvgIpc) is 3.42. The molecule has 0 aromatic carbocycles. The van der Waals surface area contributed by atoms with E-state index in [1.807, 2.05) is 0 Å². The molecule has 6 heteroatoms. The molecule has 0 amide bonds. The molecule has 76 heavy (non-hydrogen) atoms. The zero-order valence-electron chi connectivity index (χ0n) is 49.5. The van der Waals surface area contributed by atoms with Crippen molar-refractivity contribution >= 4 is 17.9 Å². The van der Waals surface area contributed by atoms with Gasteiger partial charge in [-0.3, -0.25) is 14.4 Å². The van der Waals surface area contributed by atoms with Crippen LogP contribution in [-0.2, 0) is 28.6 Å². The molecular weight excluding hydrogens is 937 g/mol. The van der Waals surface area contributed by atoms with Gasteiger partial charge in [0.25, 0.3) is 0 Å². The summed E-state index contributed by atoms with van der Waals surface area (Å²) in [4.78, 5) is 38.2. The molecule has 0 aliphatic rings. The third-order valence-corrected chi connectivity index (χ3v) is 13.2. The van der Waals surface area contributed by atoms with Gasteiger partial charge in [0.1, 0.15) is 13.2 Å². The topological polar surface area (TPSA) is 78.9 Å². The first-order valence-electron chi connectivity index (χ1n) is 31.5. The molecule has 0 spiro atoms. The normalized spacial score (nSPS) is 12.9. The minimum atomic E-state index is -0.795. The first-order valence-corrected chi connectivity index (χ1v) is 31.5. The second-order valence-corrected chi connectivity index (χ2v) is 20.6. The lowest BCUT2D eigenvalue weighted by Crippen LogP contribution is -2.30. The molecule has 1 atom stereocenters. The number of rotatable bonds is 56. The summed E-state index contributed by atoms with van der Waals surface area (Å²) in [6, 6.07) is 0. The quantitative estimate of drug-likeness (QED) is 0.0261. The minimum Gasteiger partial charge on any atom is -0.462 e. The molecule has 0 aliphatic heterocycles. The first kappa shape index (κ1) is 71.8. The van der Waals surface area contributed by atoms with E-state index in [9.17, 15) is 14.4 Å². The highest BCUT2D eigenvalue weighted by Gasteiger charge is 2.19. The van der Waals surface area contributed by atoms with Crippen LogP contribution in [0.2, 0.25) is 0 Å². The average molecular weight is 1050 g/mol. The van der Waals surface area contributed by atoms with Crippen molar-refractivity contribution in [3.05, 3.63) is 122 Å². The number of allylic oxidation sites excluding steroid dienone is 20. The lowest BCUT2D eigenvalue weighted by Gasteiger charge is -2.18. The van der Waals surface area contributed by atoms with Crippen LogP contribution in [0.3, 0.4) is 0 Å². The van der Waals surface area contributed by atoms with E-state index in [2.05, 4.69) is 142 Å². The molecule has 0 bridgehead atoms. The van der Waals surface area contributed by atoms with Crippen LogP contribution in [0, 0.1) is 0 Å². The van der Waals surface area contributed by atoms with Gasteiger partial charge in [-0.1, -0.05) is 271 Å². The number of carbonyl (C=O) groups excluding carboxylic acids is 3. The predicted octanol–water partition coefficient (Wildman–Crippen LogP) is 21.6. The summed E-state index contributed by atoms with van der Waals surface area (Å²) < 4.78 is 16.8. The van der Waals surface area contributed by atoms with E-state index in [-0.39, 0.29) is 31.1 Å². The van der Waals surface area contributed by atoms with Gasteiger partial charge in [0.2, 0.25) is 0 Å². The van der Waals surface area contributed by atoms with E-state index in [1.54, 1.807) is 0 Å². The van der Waals surface area contributed by atoms with Crippen LogP contribution in [0.4, 0.5) is 0 Å². The van der Waals surface area contributed by atoms with Crippen molar-refractivity contribution in [1.82, 2.24) is 0 Å². The molecule has 0 saturated heterocycles. The summed E-state index contributed by atoms with van der Waals surface area (Å²) in [5.41, 5.74) is 0. The monoisotopic (exact) mass is 1050 g/mol. The Morgan fingerprint density at radius 3 is 0.829 bits per heavy atom. The summed E-state index contributed by atoms with van der Waals surface area (Å²) in [5, 5.41) is 0. The van der Waals surface area contributed by atoms with Gasteiger partial charge in [-0.15, -0.1) is 0 Å². The van der Waals surface area contributed by atoms with Crippen molar-refractivity contribution < 1.29 is 28.6 Å². The molecule has 0 rings (SSSR count). The van der Waals surface area contributed by atoms with Crippen molar-refractivity contribution in [3.8, 4) is 0 Å². The maximum absolute atomic E-state index is 12.9. The highest BCUT2D eigenvalue weighted by atomic mass is 16.6. The largest absolute Gasteiger partial charge is 0.462 e. The molecule has 1 unspecified atom stereocenters. The number of carbonyl (C=O) groups is 3.